The van der Waals surface area contributed by atoms with E-state index in [1.165, 1.54) is 12.8 Å². The van der Waals surface area contributed by atoms with Crippen LogP contribution in [0.2, 0.25) is 10.0 Å². The summed E-state index contributed by atoms with van der Waals surface area (Å²) >= 11 is 12.0. The molecular weight excluding hydrogens is 245 g/mol. The fourth-order valence-electron chi connectivity index (χ4n) is 2.21. The molecule has 16 heavy (non-hydrogen) atoms. The molecule has 0 radical (unpaired) electrons. The fraction of sp³-hybridized carbons (Fsp3) is 0.545. The Morgan fingerprint density at radius 1 is 1.50 bits per heavy atom. The maximum absolute atomic E-state index is 6.16. The maximum Gasteiger partial charge on any atom is 0.150 e. The number of nitrogens with two attached hydrogens (primary N) is 1. The standard InChI is InChI=1S/C11H15Cl2N3/c1-2-7-4-3-5-16(7)11-9(13)6-8(12)10(14)15-11/h6-7H,2-5H2,1H3,(H2,14,15). The fourth-order valence-corrected chi connectivity index (χ4v) is 2.68. The molecular formula is C11H15Cl2N3. The molecule has 2 heterocycles. The normalized spacial score (nSPS) is 20.4. The van der Waals surface area contributed by atoms with Crippen molar-refractivity contribution in [2.75, 3.05) is 17.2 Å². The molecule has 0 amide bonds. The summed E-state index contributed by atoms with van der Waals surface area (Å²) in [5.41, 5.74) is 5.72. The quantitative estimate of drug-likeness (QED) is 0.886. The third kappa shape index (κ3) is 2.06. The Morgan fingerprint density at radius 3 is 2.94 bits per heavy atom. The number of hydrogen-bond donors (Lipinski definition) is 1. The van der Waals surface area contributed by atoms with Crippen molar-refractivity contribution in [1.29, 1.82) is 0 Å². The lowest BCUT2D eigenvalue weighted by atomic mass is 10.2. The van der Waals surface area contributed by atoms with Gasteiger partial charge in [0.05, 0.1) is 10.0 Å². The summed E-state index contributed by atoms with van der Waals surface area (Å²) in [6.45, 7) is 3.17. The van der Waals surface area contributed by atoms with E-state index in [0.29, 0.717) is 21.9 Å². The second kappa shape index (κ2) is 4.68. The number of rotatable bonds is 2. The third-order valence-corrected chi connectivity index (χ3v) is 3.64. The zero-order chi connectivity index (χ0) is 11.7. The predicted molar refractivity (Wildman–Crippen MR) is 69.3 cm³/mol. The minimum absolute atomic E-state index is 0.350. The van der Waals surface area contributed by atoms with Crippen LogP contribution >= 0.6 is 23.2 Å². The van der Waals surface area contributed by atoms with Crippen molar-refractivity contribution in [1.82, 2.24) is 4.98 Å². The van der Waals surface area contributed by atoms with Crippen LogP contribution in [0.25, 0.3) is 0 Å². The van der Waals surface area contributed by atoms with Crippen molar-refractivity contribution in [2.45, 2.75) is 32.2 Å². The van der Waals surface area contributed by atoms with Gasteiger partial charge in [0.1, 0.15) is 11.6 Å². The van der Waals surface area contributed by atoms with Gasteiger partial charge in [-0.1, -0.05) is 30.1 Å². The van der Waals surface area contributed by atoms with Crippen molar-refractivity contribution in [3.8, 4) is 0 Å². The number of hydrogen-bond acceptors (Lipinski definition) is 3. The Hall–Kier alpha value is -0.670. The van der Waals surface area contributed by atoms with E-state index in [2.05, 4.69) is 16.8 Å². The molecule has 0 bridgehead atoms. The van der Waals surface area contributed by atoms with Crippen LogP contribution in [0.4, 0.5) is 11.6 Å². The van der Waals surface area contributed by atoms with Crippen LogP contribution in [0.15, 0.2) is 6.07 Å². The smallest absolute Gasteiger partial charge is 0.150 e. The zero-order valence-electron chi connectivity index (χ0n) is 9.21. The van der Waals surface area contributed by atoms with Crippen LogP contribution in [0.1, 0.15) is 26.2 Å². The summed E-state index contributed by atoms with van der Waals surface area (Å²) in [7, 11) is 0. The van der Waals surface area contributed by atoms with Gasteiger partial charge in [0.25, 0.3) is 0 Å². The summed E-state index contributed by atoms with van der Waals surface area (Å²) in [4.78, 5) is 6.52. The van der Waals surface area contributed by atoms with Crippen molar-refractivity contribution in [3.63, 3.8) is 0 Å². The van der Waals surface area contributed by atoms with Crippen LogP contribution in [-0.2, 0) is 0 Å². The lowest BCUT2D eigenvalue weighted by molar-refractivity contribution is 0.641. The average Bonchev–Trinajstić information content (AvgIpc) is 2.71. The highest BCUT2D eigenvalue weighted by Crippen LogP contribution is 2.34. The summed E-state index contributed by atoms with van der Waals surface area (Å²) in [5, 5.41) is 1.00. The number of anilines is 2. The Balaban J connectivity index is 2.36. The van der Waals surface area contributed by atoms with Crippen LogP contribution in [-0.4, -0.2) is 17.6 Å². The molecule has 1 unspecified atom stereocenters. The second-order valence-corrected chi connectivity index (χ2v) is 4.87. The van der Waals surface area contributed by atoms with Crippen LogP contribution in [0.5, 0.6) is 0 Å². The molecule has 0 spiro atoms. The van der Waals surface area contributed by atoms with Gasteiger partial charge >= 0.3 is 0 Å². The first-order valence-electron chi connectivity index (χ1n) is 5.51. The van der Waals surface area contributed by atoms with Crippen molar-refractivity contribution in [2.24, 2.45) is 0 Å². The molecule has 1 aliphatic heterocycles. The zero-order valence-corrected chi connectivity index (χ0v) is 10.7. The first-order valence-corrected chi connectivity index (χ1v) is 6.27. The highest BCUT2D eigenvalue weighted by molar-refractivity contribution is 6.37. The van der Waals surface area contributed by atoms with E-state index in [9.17, 15) is 0 Å². The van der Waals surface area contributed by atoms with Gasteiger partial charge in [-0.2, -0.15) is 0 Å². The summed E-state index contributed by atoms with van der Waals surface area (Å²) in [6, 6.07) is 2.19. The topological polar surface area (TPSA) is 42.2 Å². The maximum atomic E-state index is 6.16. The number of halogens is 2. The molecule has 1 fully saturated rings. The molecule has 3 nitrogen and oxygen atoms in total. The largest absolute Gasteiger partial charge is 0.382 e. The first-order chi connectivity index (χ1) is 7.63. The van der Waals surface area contributed by atoms with Gasteiger partial charge in [-0.05, 0) is 25.3 Å². The SMILES string of the molecule is CCC1CCCN1c1nc(N)c(Cl)cc1Cl. The van der Waals surface area contributed by atoms with Gasteiger partial charge < -0.3 is 10.6 Å². The van der Waals surface area contributed by atoms with E-state index in [1.807, 2.05) is 0 Å². The average molecular weight is 260 g/mol. The molecule has 2 rings (SSSR count). The molecule has 0 aliphatic carbocycles. The van der Waals surface area contributed by atoms with Crippen molar-refractivity contribution < 1.29 is 0 Å². The highest BCUT2D eigenvalue weighted by Gasteiger charge is 2.26. The van der Waals surface area contributed by atoms with E-state index >= 15 is 0 Å². The van der Waals surface area contributed by atoms with E-state index in [1.54, 1.807) is 6.07 Å². The minimum atomic E-state index is 0.350. The molecule has 2 N–H and O–H groups in total. The Kier molecular flexibility index (Phi) is 3.45. The second-order valence-electron chi connectivity index (χ2n) is 4.06. The number of aromatic nitrogens is 1. The molecule has 5 heteroatoms. The Bertz CT molecular complexity index is 395. The molecule has 0 saturated carbocycles. The highest BCUT2D eigenvalue weighted by atomic mass is 35.5. The lowest BCUT2D eigenvalue weighted by Gasteiger charge is -2.25. The Morgan fingerprint density at radius 2 is 2.25 bits per heavy atom. The van der Waals surface area contributed by atoms with Crippen LogP contribution < -0.4 is 10.6 Å². The number of nitrogen functional groups attached to an aromatic ring is 1. The van der Waals surface area contributed by atoms with E-state index in [-0.39, 0.29) is 0 Å². The first kappa shape index (κ1) is 11.8. The van der Waals surface area contributed by atoms with Crippen LogP contribution in [0, 0.1) is 0 Å². The molecule has 1 aromatic heterocycles. The van der Waals surface area contributed by atoms with E-state index in [0.717, 1.165) is 18.8 Å². The lowest BCUT2D eigenvalue weighted by Crippen LogP contribution is -2.29. The van der Waals surface area contributed by atoms with Gasteiger partial charge in [-0.25, -0.2) is 4.98 Å². The molecule has 1 saturated heterocycles. The molecule has 88 valence electrons. The number of pyridine rings is 1. The van der Waals surface area contributed by atoms with Gasteiger partial charge in [0, 0.05) is 12.6 Å². The minimum Gasteiger partial charge on any atom is -0.382 e. The van der Waals surface area contributed by atoms with Gasteiger partial charge in [0.15, 0.2) is 0 Å². The number of nitrogens with zero attached hydrogens (tertiary/aromatic N) is 2. The van der Waals surface area contributed by atoms with E-state index < -0.39 is 0 Å². The van der Waals surface area contributed by atoms with Crippen molar-refractivity contribution >= 4 is 34.8 Å². The van der Waals surface area contributed by atoms with Crippen LogP contribution in [0.3, 0.4) is 0 Å². The Labute approximate surface area is 106 Å². The molecule has 1 aliphatic rings. The van der Waals surface area contributed by atoms with E-state index in [4.69, 9.17) is 28.9 Å². The van der Waals surface area contributed by atoms with Crippen molar-refractivity contribution in [3.05, 3.63) is 16.1 Å². The van der Waals surface area contributed by atoms with Gasteiger partial charge in [-0.15, -0.1) is 0 Å². The monoisotopic (exact) mass is 259 g/mol. The van der Waals surface area contributed by atoms with Gasteiger partial charge in [-0.3, -0.25) is 0 Å². The predicted octanol–water partition coefficient (Wildman–Crippen LogP) is 3.35. The molecule has 0 aromatic carbocycles. The summed E-state index contributed by atoms with van der Waals surface area (Å²) < 4.78 is 0. The summed E-state index contributed by atoms with van der Waals surface area (Å²) in [6.07, 6.45) is 3.47. The summed E-state index contributed by atoms with van der Waals surface area (Å²) in [5.74, 6) is 1.12. The third-order valence-electron chi connectivity index (χ3n) is 3.06. The molecule has 1 atom stereocenters. The van der Waals surface area contributed by atoms with Gasteiger partial charge in [0.2, 0.25) is 0 Å². The molecule has 1 aromatic rings.